The molecule has 1 heterocycles. The highest BCUT2D eigenvalue weighted by atomic mass is 19.4. The van der Waals surface area contributed by atoms with E-state index in [-0.39, 0.29) is 5.69 Å². The largest absolute Gasteiger partial charge is 0.523 e. The summed E-state index contributed by atoms with van der Waals surface area (Å²) in [5.41, 5.74) is -4.03. The number of nitrogens with zero attached hydrogens (tertiary/aromatic N) is 2. The Kier molecular flexibility index (Phi) is 8.06. The van der Waals surface area contributed by atoms with Gasteiger partial charge in [0.25, 0.3) is 5.91 Å². The molecule has 41 heavy (non-hydrogen) atoms. The van der Waals surface area contributed by atoms with Crippen molar-refractivity contribution in [3.05, 3.63) is 102 Å². The number of carbonyl (C=O) groups excluding carboxylic acids is 1. The number of amides is 1. The van der Waals surface area contributed by atoms with Gasteiger partial charge in [-0.2, -0.15) is 18.3 Å². The average Bonchev–Trinajstić information content (AvgIpc) is 3.35. The van der Waals surface area contributed by atoms with Crippen molar-refractivity contribution < 1.29 is 50.2 Å². The SMILES string of the molecule is O=C(NC(CC1(OC(F)(F)F)C=CC(c2ccccc2)=CC1)C(=O)O)c1cnn(-c2ccc(F)cc2)c1C(F)(F)F. The summed E-state index contributed by atoms with van der Waals surface area (Å²) in [5, 5.41) is 15.1. The van der Waals surface area contributed by atoms with Crippen molar-refractivity contribution >= 4 is 17.4 Å². The number of hydrogen-bond acceptors (Lipinski definition) is 4. The van der Waals surface area contributed by atoms with Crippen molar-refractivity contribution in [1.29, 1.82) is 0 Å². The van der Waals surface area contributed by atoms with Crippen molar-refractivity contribution in [2.24, 2.45) is 0 Å². The van der Waals surface area contributed by atoms with Crippen LogP contribution in [0, 0.1) is 5.82 Å². The minimum Gasteiger partial charge on any atom is -0.480 e. The first-order valence-electron chi connectivity index (χ1n) is 11.8. The normalized spacial score (nSPS) is 18.1. The van der Waals surface area contributed by atoms with Gasteiger partial charge in [-0.15, -0.1) is 13.2 Å². The van der Waals surface area contributed by atoms with Gasteiger partial charge < -0.3 is 10.4 Å². The Hall–Kier alpha value is -4.46. The number of aromatic nitrogens is 2. The fourth-order valence-corrected chi connectivity index (χ4v) is 4.35. The first-order valence-corrected chi connectivity index (χ1v) is 11.8. The predicted octanol–water partition coefficient (Wildman–Crippen LogP) is 5.92. The van der Waals surface area contributed by atoms with E-state index in [1.807, 2.05) is 5.32 Å². The van der Waals surface area contributed by atoms with E-state index in [0.29, 0.717) is 22.0 Å². The number of hydrogen-bond donors (Lipinski definition) is 2. The lowest BCUT2D eigenvalue weighted by molar-refractivity contribution is -0.359. The number of carboxylic acid groups (broad SMARTS) is 1. The number of nitrogens with one attached hydrogen (secondary N) is 1. The molecule has 0 saturated heterocycles. The molecular formula is C27H20F7N3O4. The summed E-state index contributed by atoms with van der Waals surface area (Å²) in [6.45, 7) is 0. The van der Waals surface area contributed by atoms with E-state index in [1.165, 1.54) is 12.2 Å². The summed E-state index contributed by atoms with van der Waals surface area (Å²) in [6.07, 6.45) is -7.58. The number of allylic oxidation sites excluding steroid dienone is 2. The van der Waals surface area contributed by atoms with E-state index in [4.69, 9.17) is 0 Å². The topological polar surface area (TPSA) is 93.4 Å². The highest BCUT2D eigenvalue weighted by Crippen LogP contribution is 2.38. The van der Waals surface area contributed by atoms with Gasteiger partial charge in [-0.25, -0.2) is 13.9 Å². The monoisotopic (exact) mass is 583 g/mol. The second-order valence-corrected chi connectivity index (χ2v) is 9.04. The van der Waals surface area contributed by atoms with Crippen molar-refractivity contribution in [2.75, 3.05) is 0 Å². The highest BCUT2D eigenvalue weighted by molar-refractivity contribution is 5.97. The minimum absolute atomic E-state index is 0.251. The first-order chi connectivity index (χ1) is 19.2. The lowest BCUT2D eigenvalue weighted by Gasteiger charge is -2.35. The molecule has 14 heteroatoms. The zero-order valence-electron chi connectivity index (χ0n) is 20.7. The van der Waals surface area contributed by atoms with Gasteiger partial charge in [-0.1, -0.05) is 48.6 Å². The zero-order chi connectivity index (χ0) is 30.0. The molecule has 2 aromatic carbocycles. The molecule has 1 aromatic heterocycles. The Bertz CT molecular complexity index is 1480. The molecule has 0 spiro atoms. The second-order valence-electron chi connectivity index (χ2n) is 9.04. The molecule has 1 aliphatic carbocycles. The molecule has 3 aromatic rings. The van der Waals surface area contributed by atoms with Crippen LogP contribution in [-0.4, -0.2) is 44.8 Å². The van der Waals surface area contributed by atoms with Crippen LogP contribution < -0.4 is 5.32 Å². The number of alkyl halides is 6. The third-order valence-electron chi connectivity index (χ3n) is 6.17. The summed E-state index contributed by atoms with van der Waals surface area (Å²) in [4.78, 5) is 24.9. The summed E-state index contributed by atoms with van der Waals surface area (Å²) in [7, 11) is 0. The average molecular weight is 583 g/mol. The molecule has 0 fully saturated rings. The molecule has 0 radical (unpaired) electrons. The van der Waals surface area contributed by atoms with Gasteiger partial charge in [-0.3, -0.25) is 9.53 Å². The van der Waals surface area contributed by atoms with Gasteiger partial charge in [0.1, 0.15) is 17.5 Å². The number of carboxylic acids is 1. The summed E-state index contributed by atoms with van der Waals surface area (Å²) < 4.78 is 99.9. The maximum atomic E-state index is 14.0. The van der Waals surface area contributed by atoms with E-state index >= 15 is 0 Å². The lowest BCUT2D eigenvalue weighted by atomic mass is 9.84. The molecule has 0 aliphatic heterocycles. The minimum atomic E-state index is -5.21. The Morgan fingerprint density at radius 2 is 1.71 bits per heavy atom. The number of aliphatic carboxylic acids is 1. The lowest BCUT2D eigenvalue weighted by Crippen LogP contribution is -2.49. The Labute approximate surface area is 227 Å². The molecule has 0 bridgehead atoms. The molecule has 0 saturated carbocycles. The van der Waals surface area contributed by atoms with Crippen molar-refractivity contribution in [2.45, 2.75) is 37.0 Å². The van der Waals surface area contributed by atoms with Crippen LogP contribution >= 0.6 is 0 Å². The Balaban J connectivity index is 1.63. The van der Waals surface area contributed by atoms with E-state index in [2.05, 4.69) is 9.84 Å². The van der Waals surface area contributed by atoms with Crippen molar-refractivity contribution in [1.82, 2.24) is 15.1 Å². The smallest absolute Gasteiger partial charge is 0.480 e. The number of rotatable bonds is 8. The maximum absolute atomic E-state index is 14.0. The summed E-state index contributed by atoms with van der Waals surface area (Å²) in [6, 6.07) is 10.2. The van der Waals surface area contributed by atoms with Crippen molar-refractivity contribution in [3.63, 3.8) is 0 Å². The van der Waals surface area contributed by atoms with Crippen LogP contribution in [0.3, 0.4) is 0 Å². The maximum Gasteiger partial charge on any atom is 0.523 e. The fourth-order valence-electron chi connectivity index (χ4n) is 4.35. The van der Waals surface area contributed by atoms with Gasteiger partial charge in [0.2, 0.25) is 0 Å². The van der Waals surface area contributed by atoms with E-state index in [0.717, 1.165) is 30.3 Å². The molecule has 2 unspecified atom stereocenters. The molecule has 4 rings (SSSR count). The highest BCUT2D eigenvalue weighted by Gasteiger charge is 2.46. The van der Waals surface area contributed by atoms with Crippen LogP contribution in [0.2, 0.25) is 0 Å². The van der Waals surface area contributed by atoms with Crippen LogP contribution in [0.15, 0.2) is 79.0 Å². The number of halogens is 7. The summed E-state index contributed by atoms with van der Waals surface area (Å²) in [5.74, 6) is -4.11. The molecule has 2 atom stereocenters. The molecular weight excluding hydrogens is 563 g/mol. The molecule has 2 N–H and O–H groups in total. The van der Waals surface area contributed by atoms with Crippen LogP contribution in [0.25, 0.3) is 11.3 Å². The Morgan fingerprint density at radius 1 is 1.05 bits per heavy atom. The second kappa shape index (κ2) is 11.2. The van der Waals surface area contributed by atoms with Gasteiger partial charge in [0, 0.05) is 6.42 Å². The quantitative estimate of drug-likeness (QED) is 0.321. The van der Waals surface area contributed by atoms with Gasteiger partial charge in [-0.05, 0) is 41.8 Å². The van der Waals surface area contributed by atoms with E-state index in [1.54, 1.807) is 30.3 Å². The molecule has 7 nitrogen and oxygen atoms in total. The third kappa shape index (κ3) is 7.01. The van der Waals surface area contributed by atoms with Gasteiger partial charge in [0.05, 0.1) is 17.4 Å². The molecule has 1 aliphatic rings. The van der Waals surface area contributed by atoms with Crippen molar-refractivity contribution in [3.8, 4) is 5.69 Å². The molecule has 216 valence electrons. The van der Waals surface area contributed by atoms with Crippen LogP contribution in [-0.2, 0) is 15.7 Å². The predicted molar refractivity (Wildman–Crippen MR) is 130 cm³/mol. The number of benzene rings is 2. The van der Waals surface area contributed by atoms with Gasteiger partial charge >= 0.3 is 18.5 Å². The first kappa shape index (κ1) is 29.5. The fraction of sp³-hybridized carbons (Fsp3) is 0.222. The van der Waals surface area contributed by atoms with E-state index in [9.17, 15) is 45.4 Å². The van der Waals surface area contributed by atoms with E-state index < -0.39 is 66.0 Å². The van der Waals surface area contributed by atoms with Crippen LogP contribution in [0.4, 0.5) is 30.7 Å². The van der Waals surface area contributed by atoms with Crippen LogP contribution in [0.5, 0.6) is 0 Å². The number of ether oxygens (including phenoxy) is 1. The zero-order valence-corrected chi connectivity index (χ0v) is 20.7. The standard InChI is InChI=1S/C27H20F7N3O4/c28-18-6-8-19(9-7-18)37-22(26(29,30)31)20(15-35-37)23(38)36-21(24(39)40)14-25(41-27(32,33)34)12-10-17(11-13-25)16-4-2-1-3-5-16/h1-12,15,21H,13-14H2,(H,36,38)(H,39,40). The number of carbonyl (C=O) groups is 2. The molecule has 1 amide bonds. The van der Waals surface area contributed by atoms with Gasteiger partial charge in [0.15, 0.2) is 5.69 Å². The van der Waals surface area contributed by atoms with Crippen LogP contribution in [0.1, 0.15) is 34.5 Å². The third-order valence-corrected chi connectivity index (χ3v) is 6.17. The summed E-state index contributed by atoms with van der Waals surface area (Å²) >= 11 is 0. The Morgan fingerprint density at radius 3 is 2.24 bits per heavy atom.